The van der Waals surface area contributed by atoms with Gasteiger partial charge in [-0.1, -0.05) is 12.1 Å². The van der Waals surface area contributed by atoms with Gasteiger partial charge in [-0.3, -0.25) is 4.90 Å². The second kappa shape index (κ2) is 7.38. The monoisotopic (exact) mass is 388 g/mol. The Morgan fingerprint density at radius 1 is 1.30 bits per heavy atom. The van der Waals surface area contributed by atoms with Gasteiger partial charge in [0.1, 0.15) is 6.10 Å². The summed E-state index contributed by atoms with van der Waals surface area (Å²) in [6.45, 7) is 7.02. The smallest absolute Gasteiger partial charge is 0.339 e. The molecule has 0 radical (unpaired) electrons. The molecule has 1 aromatic rings. The van der Waals surface area contributed by atoms with Crippen LogP contribution in [0.3, 0.4) is 0 Å². The number of ether oxygens (including phenoxy) is 1. The van der Waals surface area contributed by atoms with Crippen LogP contribution in [-0.4, -0.2) is 61.6 Å². The Kier molecular flexibility index (Phi) is 5.80. The van der Waals surface area contributed by atoms with Crippen LogP contribution in [0.15, 0.2) is 24.3 Å². The number of benzene rings is 1. The van der Waals surface area contributed by atoms with Crippen LogP contribution >= 0.6 is 22.6 Å². The maximum Gasteiger partial charge on any atom is 0.339 e. The summed E-state index contributed by atoms with van der Waals surface area (Å²) in [5.41, 5.74) is 0.651. The van der Waals surface area contributed by atoms with Crippen molar-refractivity contribution in [2.24, 2.45) is 0 Å². The van der Waals surface area contributed by atoms with E-state index in [-0.39, 0.29) is 12.1 Å². The average molecular weight is 388 g/mol. The third-order valence-corrected chi connectivity index (χ3v) is 4.45. The predicted molar refractivity (Wildman–Crippen MR) is 88.0 cm³/mol. The van der Waals surface area contributed by atoms with E-state index in [1.807, 2.05) is 31.2 Å². The van der Waals surface area contributed by atoms with Gasteiger partial charge in [-0.25, -0.2) is 4.79 Å². The van der Waals surface area contributed by atoms with Crippen molar-refractivity contribution in [3.63, 3.8) is 0 Å². The summed E-state index contributed by atoms with van der Waals surface area (Å²) >= 11 is 2.16. The molecular weight excluding hydrogens is 367 g/mol. The highest BCUT2D eigenvalue weighted by Crippen LogP contribution is 2.14. The Morgan fingerprint density at radius 3 is 2.60 bits per heavy atom. The first-order valence-corrected chi connectivity index (χ1v) is 8.00. The van der Waals surface area contributed by atoms with Gasteiger partial charge >= 0.3 is 5.97 Å². The van der Waals surface area contributed by atoms with Gasteiger partial charge in [0, 0.05) is 36.3 Å². The first-order chi connectivity index (χ1) is 9.56. The van der Waals surface area contributed by atoms with Crippen LogP contribution in [0.2, 0.25) is 0 Å². The molecule has 0 N–H and O–H groups in total. The van der Waals surface area contributed by atoms with Crippen molar-refractivity contribution >= 4 is 28.6 Å². The number of likely N-dealkylation sites (N-methyl/N-ethyl adjacent to an activating group) is 1. The zero-order chi connectivity index (χ0) is 14.5. The van der Waals surface area contributed by atoms with Gasteiger partial charge in [0.25, 0.3) is 0 Å². The number of halogens is 1. The molecule has 0 saturated carbocycles. The van der Waals surface area contributed by atoms with Crippen molar-refractivity contribution in [1.82, 2.24) is 9.80 Å². The molecule has 1 heterocycles. The molecule has 4 nitrogen and oxygen atoms in total. The SMILES string of the molecule is C[C@@H](CN1CCN(C)CC1)OC(=O)c1ccccc1I. The minimum absolute atomic E-state index is 0.0816. The molecule has 0 bridgehead atoms. The molecule has 1 aromatic carbocycles. The van der Waals surface area contributed by atoms with E-state index in [0.717, 1.165) is 36.3 Å². The van der Waals surface area contributed by atoms with Crippen molar-refractivity contribution in [3.8, 4) is 0 Å². The number of hydrogen-bond acceptors (Lipinski definition) is 4. The Balaban J connectivity index is 1.84. The molecule has 1 fully saturated rings. The van der Waals surface area contributed by atoms with Crippen molar-refractivity contribution in [2.45, 2.75) is 13.0 Å². The van der Waals surface area contributed by atoms with E-state index in [2.05, 4.69) is 39.4 Å². The van der Waals surface area contributed by atoms with Crippen LogP contribution in [0.5, 0.6) is 0 Å². The molecule has 0 aromatic heterocycles. The highest BCUT2D eigenvalue weighted by molar-refractivity contribution is 14.1. The maximum absolute atomic E-state index is 12.1. The lowest BCUT2D eigenvalue weighted by atomic mass is 10.2. The van der Waals surface area contributed by atoms with E-state index in [4.69, 9.17) is 4.74 Å². The quantitative estimate of drug-likeness (QED) is 0.584. The van der Waals surface area contributed by atoms with Gasteiger partial charge < -0.3 is 9.64 Å². The summed E-state index contributed by atoms with van der Waals surface area (Å²) < 4.78 is 6.48. The van der Waals surface area contributed by atoms with Crippen molar-refractivity contribution in [2.75, 3.05) is 39.8 Å². The van der Waals surface area contributed by atoms with Crippen molar-refractivity contribution in [3.05, 3.63) is 33.4 Å². The van der Waals surface area contributed by atoms with Crippen LogP contribution in [0.1, 0.15) is 17.3 Å². The molecule has 2 rings (SSSR count). The molecule has 0 aliphatic carbocycles. The molecule has 1 aliphatic rings. The number of carbonyl (C=O) groups excluding carboxylic acids is 1. The van der Waals surface area contributed by atoms with Crippen LogP contribution in [-0.2, 0) is 4.74 Å². The van der Waals surface area contributed by atoms with Gasteiger partial charge in [-0.05, 0) is 48.7 Å². The molecule has 5 heteroatoms. The zero-order valence-electron chi connectivity index (χ0n) is 12.0. The number of rotatable bonds is 4. The van der Waals surface area contributed by atoms with Crippen LogP contribution in [0, 0.1) is 3.57 Å². The summed E-state index contributed by atoms with van der Waals surface area (Å²) in [5.74, 6) is -0.225. The fourth-order valence-electron chi connectivity index (χ4n) is 2.30. The molecule has 0 amide bonds. The number of nitrogens with zero attached hydrogens (tertiary/aromatic N) is 2. The number of carbonyl (C=O) groups is 1. The van der Waals surface area contributed by atoms with Crippen molar-refractivity contribution in [1.29, 1.82) is 0 Å². The lowest BCUT2D eigenvalue weighted by molar-refractivity contribution is 0.0206. The first-order valence-electron chi connectivity index (χ1n) is 6.92. The molecule has 1 aliphatic heterocycles. The highest BCUT2D eigenvalue weighted by Gasteiger charge is 2.19. The van der Waals surface area contributed by atoms with E-state index < -0.39 is 0 Å². The van der Waals surface area contributed by atoms with E-state index in [1.54, 1.807) is 0 Å². The lowest BCUT2D eigenvalue weighted by Crippen LogP contribution is -2.47. The predicted octanol–water partition coefficient (Wildman–Crippen LogP) is 2.08. The first kappa shape index (κ1) is 15.7. The standard InChI is InChI=1S/C15H21IN2O2/c1-12(11-18-9-7-17(2)8-10-18)20-15(19)13-5-3-4-6-14(13)16/h3-6,12H,7-11H2,1-2H3/t12-/m0/s1. The molecule has 20 heavy (non-hydrogen) atoms. The summed E-state index contributed by atoms with van der Waals surface area (Å²) in [6, 6.07) is 7.52. The maximum atomic E-state index is 12.1. The van der Waals surface area contributed by atoms with Crippen molar-refractivity contribution < 1.29 is 9.53 Å². The molecule has 110 valence electrons. The van der Waals surface area contributed by atoms with Crippen LogP contribution in [0.4, 0.5) is 0 Å². The normalized spacial score (nSPS) is 18.8. The Hall–Kier alpha value is -0.660. The number of piperazine rings is 1. The largest absolute Gasteiger partial charge is 0.458 e. The Bertz CT molecular complexity index is 459. The topological polar surface area (TPSA) is 32.8 Å². The third kappa shape index (κ3) is 4.43. The minimum Gasteiger partial charge on any atom is -0.458 e. The Morgan fingerprint density at radius 2 is 1.95 bits per heavy atom. The second-order valence-electron chi connectivity index (χ2n) is 5.30. The molecule has 0 spiro atoms. The summed E-state index contributed by atoms with van der Waals surface area (Å²) in [7, 11) is 2.14. The summed E-state index contributed by atoms with van der Waals surface area (Å²) in [4.78, 5) is 16.8. The van der Waals surface area contributed by atoms with E-state index in [9.17, 15) is 4.79 Å². The van der Waals surface area contributed by atoms with Gasteiger partial charge in [0.05, 0.1) is 5.56 Å². The van der Waals surface area contributed by atoms with E-state index in [0.29, 0.717) is 5.56 Å². The summed E-state index contributed by atoms with van der Waals surface area (Å²) in [5, 5.41) is 0. The molecule has 0 unspecified atom stereocenters. The second-order valence-corrected chi connectivity index (χ2v) is 6.46. The van der Waals surface area contributed by atoms with Gasteiger partial charge in [-0.2, -0.15) is 0 Å². The fraction of sp³-hybridized carbons (Fsp3) is 0.533. The van der Waals surface area contributed by atoms with Crippen LogP contribution in [0.25, 0.3) is 0 Å². The van der Waals surface area contributed by atoms with Gasteiger partial charge in [0.2, 0.25) is 0 Å². The lowest BCUT2D eigenvalue weighted by Gasteiger charge is -2.33. The van der Waals surface area contributed by atoms with Crippen LogP contribution < -0.4 is 0 Å². The zero-order valence-corrected chi connectivity index (χ0v) is 14.2. The summed E-state index contributed by atoms with van der Waals surface area (Å²) in [6.07, 6.45) is -0.0816. The number of esters is 1. The molecule has 1 atom stereocenters. The molecule has 1 saturated heterocycles. The van der Waals surface area contributed by atoms with E-state index in [1.165, 1.54) is 0 Å². The van der Waals surface area contributed by atoms with Gasteiger partial charge in [0.15, 0.2) is 0 Å². The average Bonchev–Trinajstić information content (AvgIpc) is 2.41. The highest BCUT2D eigenvalue weighted by atomic mass is 127. The minimum atomic E-state index is -0.225. The molecular formula is C15H21IN2O2. The fourth-order valence-corrected chi connectivity index (χ4v) is 2.91. The third-order valence-electron chi connectivity index (χ3n) is 3.51. The van der Waals surface area contributed by atoms with E-state index >= 15 is 0 Å². The Labute approximate surface area is 134 Å². The van der Waals surface area contributed by atoms with Gasteiger partial charge in [-0.15, -0.1) is 0 Å². The number of hydrogen-bond donors (Lipinski definition) is 0.